The van der Waals surface area contributed by atoms with Crippen molar-refractivity contribution >= 4 is 5.69 Å². The van der Waals surface area contributed by atoms with Crippen LogP contribution in [0.3, 0.4) is 0 Å². The first-order chi connectivity index (χ1) is 11.1. The van der Waals surface area contributed by atoms with Crippen LogP contribution in [0.1, 0.15) is 17.3 Å². The van der Waals surface area contributed by atoms with Gasteiger partial charge in [-0.05, 0) is 5.56 Å². The van der Waals surface area contributed by atoms with E-state index in [0.717, 1.165) is 5.69 Å². The van der Waals surface area contributed by atoms with Gasteiger partial charge in [-0.2, -0.15) is 5.10 Å². The summed E-state index contributed by atoms with van der Waals surface area (Å²) in [4.78, 5) is 14.2. The molecule has 0 amide bonds. The number of hydrogen-bond acceptors (Lipinski definition) is 6. The number of aromatic nitrogens is 4. The van der Waals surface area contributed by atoms with Gasteiger partial charge in [0.2, 0.25) is 11.8 Å². The smallest absolute Gasteiger partial charge is 0.269 e. The van der Waals surface area contributed by atoms with E-state index in [2.05, 4.69) is 15.3 Å². The summed E-state index contributed by atoms with van der Waals surface area (Å²) >= 11 is 0. The summed E-state index contributed by atoms with van der Waals surface area (Å²) in [6.07, 6.45) is 1.66. The maximum Gasteiger partial charge on any atom is 0.269 e. The molecule has 0 aliphatic rings. The minimum atomic E-state index is -0.210. The molecular weight excluding hydrogens is 294 g/mol. The number of rotatable bonds is 5. The lowest BCUT2D eigenvalue weighted by Gasteiger charge is -2.19. The van der Waals surface area contributed by atoms with Gasteiger partial charge in [0.1, 0.15) is 6.54 Å². The Kier molecular flexibility index (Phi) is 4.18. The van der Waals surface area contributed by atoms with Gasteiger partial charge in [-0.3, -0.25) is 4.79 Å². The third-order valence-electron chi connectivity index (χ3n) is 3.41. The Morgan fingerprint density at radius 3 is 2.65 bits per heavy atom. The largest absolute Gasteiger partial charge is 0.424 e. The topological polar surface area (TPSA) is 77.1 Å². The van der Waals surface area contributed by atoms with Crippen molar-refractivity contribution in [3.63, 3.8) is 0 Å². The SMILES string of the molecule is Cc1nnc(Cn2ncc(N(C)Cc3ccccc3)cc2=O)o1. The fraction of sp³-hybridized carbons (Fsp3) is 0.250. The lowest BCUT2D eigenvalue weighted by atomic mass is 10.2. The molecule has 23 heavy (non-hydrogen) atoms. The van der Waals surface area contributed by atoms with Crippen molar-refractivity contribution in [2.45, 2.75) is 20.0 Å². The molecule has 7 nitrogen and oxygen atoms in total. The Bertz CT molecular complexity index is 841. The fourth-order valence-corrected chi connectivity index (χ4v) is 2.23. The van der Waals surface area contributed by atoms with Crippen LogP contribution in [0.4, 0.5) is 5.69 Å². The molecule has 0 N–H and O–H groups in total. The Labute approximate surface area is 133 Å². The van der Waals surface area contributed by atoms with E-state index in [0.29, 0.717) is 18.3 Å². The van der Waals surface area contributed by atoms with Crippen molar-refractivity contribution in [2.75, 3.05) is 11.9 Å². The second-order valence-electron chi connectivity index (χ2n) is 5.27. The Morgan fingerprint density at radius 2 is 2.00 bits per heavy atom. The van der Waals surface area contributed by atoms with Crippen molar-refractivity contribution in [3.05, 3.63) is 70.3 Å². The van der Waals surface area contributed by atoms with Crippen LogP contribution in [0.25, 0.3) is 0 Å². The summed E-state index contributed by atoms with van der Waals surface area (Å²) in [6.45, 7) is 2.57. The predicted octanol–water partition coefficient (Wildman–Crippen LogP) is 1.62. The zero-order valence-electron chi connectivity index (χ0n) is 13.0. The van der Waals surface area contributed by atoms with Crippen LogP contribution in [-0.2, 0) is 13.1 Å². The van der Waals surface area contributed by atoms with E-state index in [1.807, 2.05) is 42.3 Å². The molecule has 118 valence electrons. The van der Waals surface area contributed by atoms with Gasteiger partial charge in [0.15, 0.2) is 0 Å². The van der Waals surface area contributed by atoms with Gasteiger partial charge in [0, 0.05) is 26.6 Å². The highest BCUT2D eigenvalue weighted by Crippen LogP contribution is 2.12. The monoisotopic (exact) mass is 311 g/mol. The van der Waals surface area contributed by atoms with Crippen LogP contribution in [0.5, 0.6) is 0 Å². The molecule has 2 heterocycles. The number of benzene rings is 1. The van der Waals surface area contributed by atoms with Crippen molar-refractivity contribution in [1.29, 1.82) is 0 Å². The number of hydrogen-bond donors (Lipinski definition) is 0. The molecule has 2 aromatic heterocycles. The van der Waals surface area contributed by atoms with Gasteiger partial charge in [-0.25, -0.2) is 4.68 Å². The van der Waals surface area contributed by atoms with E-state index < -0.39 is 0 Å². The van der Waals surface area contributed by atoms with E-state index in [9.17, 15) is 4.79 Å². The molecule has 0 saturated heterocycles. The summed E-state index contributed by atoms with van der Waals surface area (Å²) in [7, 11) is 1.93. The van der Waals surface area contributed by atoms with Crippen molar-refractivity contribution < 1.29 is 4.42 Å². The van der Waals surface area contributed by atoms with Crippen LogP contribution in [-0.4, -0.2) is 27.0 Å². The van der Waals surface area contributed by atoms with Crippen LogP contribution in [0.2, 0.25) is 0 Å². The molecule has 0 aliphatic heterocycles. The molecule has 0 radical (unpaired) electrons. The van der Waals surface area contributed by atoms with Crippen LogP contribution in [0, 0.1) is 6.92 Å². The van der Waals surface area contributed by atoms with Crippen molar-refractivity contribution in [3.8, 4) is 0 Å². The lowest BCUT2D eigenvalue weighted by Crippen LogP contribution is -2.26. The van der Waals surface area contributed by atoms with Gasteiger partial charge in [-0.1, -0.05) is 30.3 Å². The van der Waals surface area contributed by atoms with E-state index in [4.69, 9.17) is 4.42 Å². The molecule has 0 bridgehead atoms. The number of nitrogens with zero attached hydrogens (tertiary/aromatic N) is 5. The standard InChI is InChI=1S/C16H17N5O2/c1-12-18-19-15(23-12)11-21-16(22)8-14(9-17-21)20(2)10-13-6-4-3-5-7-13/h3-9H,10-11H2,1-2H3. The third kappa shape index (κ3) is 3.63. The summed E-state index contributed by atoms with van der Waals surface area (Å²) in [6, 6.07) is 11.6. The van der Waals surface area contributed by atoms with Crippen LogP contribution in [0.15, 0.2) is 51.8 Å². The Hall–Kier alpha value is -2.96. The minimum absolute atomic E-state index is 0.169. The lowest BCUT2D eigenvalue weighted by molar-refractivity contribution is 0.438. The van der Waals surface area contributed by atoms with E-state index in [1.54, 1.807) is 19.2 Å². The predicted molar refractivity (Wildman–Crippen MR) is 85.2 cm³/mol. The molecule has 0 atom stereocenters. The van der Waals surface area contributed by atoms with Gasteiger partial charge in [0.05, 0.1) is 11.9 Å². The van der Waals surface area contributed by atoms with Gasteiger partial charge < -0.3 is 9.32 Å². The first-order valence-electron chi connectivity index (χ1n) is 7.23. The molecule has 1 aromatic carbocycles. The quantitative estimate of drug-likeness (QED) is 0.712. The molecule has 3 aromatic rings. The Morgan fingerprint density at radius 1 is 1.22 bits per heavy atom. The number of aryl methyl sites for hydroxylation is 1. The van der Waals surface area contributed by atoms with Crippen molar-refractivity contribution in [2.24, 2.45) is 0 Å². The highest BCUT2D eigenvalue weighted by molar-refractivity contribution is 5.42. The molecule has 0 aliphatic carbocycles. The van der Waals surface area contributed by atoms with E-state index >= 15 is 0 Å². The molecule has 7 heteroatoms. The summed E-state index contributed by atoms with van der Waals surface area (Å²) in [5, 5.41) is 11.8. The second-order valence-corrected chi connectivity index (χ2v) is 5.27. The highest BCUT2D eigenvalue weighted by atomic mass is 16.4. The average molecular weight is 311 g/mol. The Balaban J connectivity index is 1.74. The average Bonchev–Trinajstić information content (AvgIpc) is 2.95. The van der Waals surface area contributed by atoms with Crippen molar-refractivity contribution in [1.82, 2.24) is 20.0 Å². The van der Waals surface area contributed by atoms with Gasteiger partial charge >= 0.3 is 0 Å². The third-order valence-corrected chi connectivity index (χ3v) is 3.41. The zero-order chi connectivity index (χ0) is 16.2. The van der Waals surface area contributed by atoms with Gasteiger partial charge in [0.25, 0.3) is 5.56 Å². The first-order valence-corrected chi connectivity index (χ1v) is 7.23. The summed E-state index contributed by atoms with van der Waals surface area (Å²) in [5.41, 5.74) is 1.72. The summed E-state index contributed by atoms with van der Waals surface area (Å²) < 4.78 is 6.57. The zero-order valence-corrected chi connectivity index (χ0v) is 13.0. The first kappa shape index (κ1) is 15.0. The molecular formula is C16H17N5O2. The van der Waals surface area contributed by atoms with E-state index in [1.165, 1.54) is 10.2 Å². The van der Waals surface area contributed by atoms with Crippen LogP contribution < -0.4 is 10.5 Å². The minimum Gasteiger partial charge on any atom is -0.424 e. The number of anilines is 1. The van der Waals surface area contributed by atoms with Gasteiger partial charge in [-0.15, -0.1) is 10.2 Å². The fourth-order valence-electron chi connectivity index (χ4n) is 2.23. The second kappa shape index (κ2) is 6.43. The maximum absolute atomic E-state index is 12.2. The normalized spacial score (nSPS) is 10.7. The molecule has 0 fully saturated rings. The molecule has 0 saturated carbocycles. The maximum atomic E-state index is 12.2. The van der Waals surface area contributed by atoms with Crippen LogP contribution >= 0.6 is 0 Å². The summed E-state index contributed by atoms with van der Waals surface area (Å²) in [5.74, 6) is 0.828. The molecule has 3 rings (SSSR count). The van der Waals surface area contributed by atoms with E-state index in [-0.39, 0.29) is 12.1 Å². The highest BCUT2D eigenvalue weighted by Gasteiger charge is 2.09. The molecule has 0 unspecified atom stereocenters. The molecule has 0 spiro atoms.